The summed E-state index contributed by atoms with van der Waals surface area (Å²) >= 11 is 0. The summed E-state index contributed by atoms with van der Waals surface area (Å²) < 4.78 is 37.4. The number of benzene rings is 1. The lowest BCUT2D eigenvalue weighted by molar-refractivity contribution is 0.0600. The van der Waals surface area contributed by atoms with Crippen LogP contribution >= 0.6 is 0 Å². The molecule has 146 valence electrons. The lowest BCUT2D eigenvalue weighted by atomic mass is 10.1. The molecular weight excluding hydrogens is 356 g/mol. The molecule has 0 heterocycles. The highest BCUT2D eigenvalue weighted by Crippen LogP contribution is 2.25. The van der Waals surface area contributed by atoms with Crippen molar-refractivity contribution in [1.82, 2.24) is 10.0 Å². The molecule has 0 radical (unpaired) electrons. The molecule has 0 atom stereocenters. The molecule has 1 aliphatic rings. The molecule has 1 aromatic rings. The summed E-state index contributed by atoms with van der Waals surface area (Å²) in [4.78, 5) is 11.6. The predicted octanol–water partition coefficient (Wildman–Crippen LogP) is 2.07. The van der Waals surface area contributed by atoms with Crippen molar-refractivity contribution in [2.24, 2.45) is 0 Å². The molecule has 0 spiro atoms. The number of hydrogen-bond acceptors (Lipinski definition) is 6. The van der Waals surface area contributed by atoms with Gasteiger partial charge in [-0.05, 0) is 31.0 Å². The van der Waals surface area contributed by atoms with E-state index in [4.69, 9.17) is 4.74 Å². The van der Waals surface area contributed by atoms with Crippen molar-refractivity contribution in [3.05, 3.63) is 23.8 Å². The number of methoxy groups -OCH3 is 2. The number of esters is 1. The van der Waals surface area contributed by atoms with E-state index < -0.39 is 16.0 Å². The second-order valence-corrected chi connectivity index (χ2v) is 8.13. The van der Waals surface area contributed by atoms with Gasteiger partial charge in [0.25, 0.3) is 0 Å². The van der Waals surface area contributed by atoms with E-state index in [-0.39, 0.29) is 16.2 Å². The van der Waals surface area contributed by atoms with Gasteiger partial charge in [-0.3, -0.25) is 0 Å². The van der Waals surface area contributed by atoms with Crippen LogP contribution in [-0.4, -0.2) is 47.7 Å². The van der Waals surface area contributed by atoms with Crippen molar-refractivity contribution in [3.63, 3.8) is 0 Å². The number of nitrogens with one attached hydrogen (secondary N) is 2. The van der Waals surface area contributed by atoms with Crippen LogP contribution in [0, 0.1) is 0 Å². The molecule has 2 rings (SSSR count). The maximum absolute atomic E-state index is 12.5. The number of rotatable bonds is 8. The van der Waals surface area contributed by atoms with Crippen LogP contribution in [0.3, 0.4) is 0 Å². The largest absolute Gasteiger partial charge is 0.495 e. The van der Waals surface area contributed by atoms with Gasteiger partial charge >= 0.3 is 5.97 Å². The number of hydrogen-bond donors (Lipinski definition) is 2. The highest BCUT2D eigenvalue weighted by molar-refractivity contribution is 7.89. The first-order valence-electron chi connectivity index (χ1n) is 8.97. The van der Waals surface area contributed by atoms with Crippen LogP contribution < -0.4 is 14.8 Å². The summed E-state index contributed by atoms with van der Waals surface area (Å²) in [5.74, 6) is -0.440. The van der Waals surface area contributed by atoms with Crippen LogP contribution in [0.5, 0.6) is 5.75 Å². The van der Waals surface area contributed by atoms with Crippen molar-refractivity contribution in [2.45, 2.75) is 49.5 Å². The third-order valence-corrected chi connectivity index (χ3v) is 6.08. The van der Waals surface area contributed by atoms with Gasteiger partial charge in [0.05, 0.1) is 19.8 Å². The van der Waals surface area contributed by atoms with Crippen LogP contribution in [0.4, 0.5) is 0 Å². The molecule has 1 aliphatic carbocycles. The summed E-state index contributed by atoms with van der Waals surface area (Å²) in [7, 11) is -1.10. The molecule has 1 saturated carbocycles. The Morgan fingerprint density at radius 3 is 2.42 bits per heavy atom. The second-order valence-electron chi connectivity index (χ2n) is 6.40. The third kappa shape index (κ3) is 5.69. The maximum Gasteiger partial charge on any atom is 0.337 e. The molecule has 0 aromatic heterocycles. The standard InChI is InChI=1S/C18H28N2O5S/c1-24-16-13-14(18(21)25-2)9-10-17(16)26(22,23)20-12-11-19-15-7-5-3-4-6-8-15/h9-10,13,15,19-20H,3-8,11-12H2,1-2H3. The molecular formula is C18H28N2O5S. The van der Waals surface area contributed by atoms with Crippen molar-refractivity contribution >= 4 is 16.0 Å². The molecule has 0 amide bonds. The average Bonchev–Trinajstić information content (AvgIpc) is 2.92. The van der Waals surface area contributed by atoms with Crippen LogP contribution in [0.1, 0.15) is 48.9 Å². The molecule has 7 nitrogen and oxygen atoms in total. The van der Waals surface area contributed by atoms with Crippen molar-refractivity contribution < 1.29 is 22.7 Å². The third-order valence-electron chi connectivity index (χ3n) is 4.58. The molecule has 1 fully saturated rings. The average molecular weight is 384 g/mol. The fraction of sp³-hybridized carbons (Fsp3) is 0.611. The van der Waals surface area contributed by atoms with Gasteiger partial charge in [-0.15, -0.1) is 0 Å². The molecule has 1 aromatic carbocycles. The molecule has 0 unspecified atom stereocenters. The Bertz CT molecular complexity index is 698. The van der Waals surface area contributed by atoms with Gasteiger partial charge in [-0.1, -0.05) is 25.7 Å². The Morgan fingerprint density at radius 1 is 1.12 bits per heavy atom. The SMILES string of the molecule is COC(=O)c1ccc(S(=O)(=O)NCCNC2CCCCCC2)c(OC)c1. The second kappa shape index (κ2) is 9.89. The highest BCUT2D eigenvalue weighted by Gasteiger charge is 2.21. The van der Waals surface area contributed by atoms with E-state index in [1.807, 2.05) is 0 Å². The van der Waals surface area contributed by atoms with Gasteiger partial charge in [-0.25, -0.2) is 17.9 Å². The molecule has 0 saturated heterocycles. The predicted molar refractivity (Wildman–Crippen MR) is 99.0 cm³/mol. The van der Waals surface area contributed by atoms with Gasteiger partial charge in [0.15, 0.2) is 0 Å². The first kappa shape index (κ1) is 20.7. The van der Waals surface area contributed by atoms with E-state index in [1.54, 1.807) is 0 Å². The van der Waals surface area contributed by atoms with Crippen molar-refractivity contribution in [3.8, 4) is 5.75 Å². The van der Waals surface area contributed by atoms with E-state index >= 15 is 0 Å². The van der Waals surface area contributed by atoms with Gasteiger partial charge in [0.1, 0.15) is 10.6 Å². The summed E-state index contributed by atoms with van der Waals surface area (Å²) in [6, 6.07) is 4.60. The minimum absolute atomic E-state index is 0.00196. The Hall–Kier alpha value is -1.64. The van der Waals surface area contributed by atoms with Gasteiger partial charge in [0.2, 0.25) is 10.0 Å². The maximum atomic E-state index is 12.5. The minimum Gasteiger partial charge on any atom is -0.495 e. The first-order valence-corrected chi connectivity index (χ1v) is 10.5. The van der Waals surface area contributed by atoms with Crippen LogP contribution in [0.2, 0.25) is 0 Å². The van der Waals surface area contributed by atoms with Crippen LogP contribution in [0.25, 0.3) is 0 Å². The number of carbonyl (C=O) groups is 1. The lowest BCUT2D eigenvalue weighted by Crippen LogP contribution is -2.37. The number of sulfonamides is 1. The van der Waals surface area contributed by atoms with Crippen molar-refractivity contribution in [1.29, 1.82) is 0 Å². The molecule has 0 bridgehead atoms. The number of ether oxygens (including phenoxy) is 2. The Kier molecular flexibility index (Phi) is 7.86. The lowest BCUT2D eigenvalue weighted by Gasteiger charge is -2.17. The minimum atomic E-state index is -3.73. The normalized spacial score (nSPS) is 16.1. The summed E-state index contributed by atoms with van der Waals surface area (Å²) in [6.07, 6.45) is 7.32. The Balaban J connectivity index is 1.95. The topological polar surface area (TPSA) is 93.7 Å². The van der Waals surface area contributed by atoms with Crippen LogP contribution in [0.15, 0.2) is 23.1 Å². The first-order chi connectivity index (χ1) is 12.5. The molecule has 26 heavy (non-hydrogen) atoms. The zero-order chi connectivity index (χ0) is 19.0. The fourth-order valence-corrected chi connectivity index (χ4v) is 4.34. The Labute approximate surface area is 155 Å². The summed E-state index contributed by atoms with van der Waals surface area (Å²) in [5.41, 5.74) is 0.235. The Morgan fingerprint density at radius 2 is 1.81 bits per heavy atom. The molecule has 0 aliphatic heterocycles. The summed E-state index contributed by atoms with van der Waals surface area (Å²) in [5, 5.41) is 3.43. The van der Waals surface area contributed by atoms with Crippen molar-refractivity contribution in [2.75, 3.05) is 27.3 Å². The van der Waals surface area contributed by atoms with Crippen LogP contribution in [-0.2, 0) is 14.8 Å². The van der Waals surface area contributed by atoms with Gasteiger partial charge in [-0.2, -0.15) is 0 Å². The number of carbonyl (C=O) groups excluding carboxylic acids is 1. The van der Waals surface area contributed by atoms with E-state index in [9.17, 15) is 13.2 Å². The molecule has 8 heteroatoms. The van der Waals surface area contributed by atoms with E-state index in [0.717, 1.165) is 12.8 Å². The monoisotopic (exact) mass is 384 g/mol. The quantitative estimate of drug-likeness (QED) is 0.405. The summed E-state index contributed by atoms with van der Waals surface area (Å²) in [6.45, 7) is 0.868. The van der Waals surface area contributed by atoms with E-state index in [0.29, 0.717) is 19.1 Å². The van der Waals surface area contributed by atoms with E-state index in [1.165, 1.54) is 58.1 Å². The van der Waals surface area contributed by atoms with E-state index in [2.05, 4.69) is 14.8 Å². The highest BCUT2D eigenvalue weighted by atomic mass is 32.2. The van der Waals surface area contributed by atoms with Gasteiger partial charge < -0.3 is 14.8 Å². The smallest absolute Gasteiger partial charge is 0.337 e. The fourth-order valence-electron chi connectivity index (χ4n) is 3.16. The zero-order valence-electron chi connectivity index (χ0n) is 15.4. The van der Waals surface area contributed by atoms with Gasteiger partial charge in [0, 0.05) is 19.1 Å². The zero-order valence-corrected chi connectivity index (χ0v) is 16.2. The molecule has 2 N–H and O–H groups in total.